The number of amides is 1. The summed E-state index contributed by atoms with van der Waals surface area (Å²) in [6.45, 7) is 7.89. The smallest absolute Gasteiger partial charge is 0.246 e. The molecule has 1 rings (SSSR count). The maximum absolute atomic E-state index is 13.7. The van der Waals surface area contributed by atoms with E-state index in [0.29, 0.717) is 23.5 Å². The van der Waals surface area contributed by atoms with Gasteiger partial charge in [0.15, 0.2) is 0 Å². The number of halogens is 1. The Morgan fingerprint density at radius 3 is 2.22 bits per heavy atom. The number of hydrogen-bond acceptors (Lipinski definition) is 2. The molecule has 0 aliphatic rings. The van der Waals surface area contributed by atoms with Gasteiger partial charge in [-0.3, -0.25) is 10.0 Å². The van der Waals surface area contributed by atoms with Crippen molar-refractivity contribution in [2.45, 2.75) is 66.2 Å². The Hall–Kier alpha value is -1.42. The van der Waals surface area contributed by atoms with Gasteiger partial charge < -0.3 is 0 Å². The van der Waals surface area contributed by atoms with Crippen molar-refractivity contribution in [1.29, 1.82) is 0 Å². The minimum atomic E-state index is -0.353. The fourth-order valence-corrected chi connectivity index (χ4v) is 2.98. The van der Waals surface area contributed by atoms with E-state index in [1.807, 2.05) is 0 Å². The first-order valence-corrected chi connectivity index (χ1v) is 8.54. The first-order chi connectivity index (χ1) is 10.8. The normalized spacial score (nSPS) is 12.5. The van der Waals surface area contributed by atoms with E-state index in [1.54, 1.807) is 31.5 Å². The predicted octanol–water partition coefficient (Wildman–Crippen LogP) is 4.71. The first-order valence-electron chi connectivity index (χ1n) is 8.54. The number of nitrogens with one attached hydrogen (secondary N) is 1. The van der Waals surface area contributed by atoms with Crippen LogP contribution in [0.1, 0.15) is 62.6 Å². The molecular weight excluding hydrogens is 293 g/mol. The molecule has 0 aromatic heterocycles. The monoisotopic (exact) mass is 323 g/mol. The van der Waals surface area contributed by atoms with Gasteiger partial charge in [0.05, 0.1) is 0 Å². The molecular formula is C19H30FNO2. The average molecular weight is 323 g/mol. The lowest BCUT2D eigenvalue weighted by atomic mass is 9.91. The Morgan fingerprint density at radius 2 is 1.70 bits per heavy atom. The zero-order valence-electron chi connectivity index (χ0n) is 14.8. The van der Waals surface area contributed by atoms with Gasteiger partial charge in [-0.15, -0.1) is 0 Å². The highest BCUT2D eigenvalue weighted by molar-refractivity contribution is 5.77. The molecule has 130 valence electrons. The maximum Gasteiger partial charge on any atom is 0.246 e. The highest BCUT2D eigenvalue weighted by atomic mass is 19.1. The summed E-state index contributed by atoms with van der Waals surface area (Å²) in [5, 5.41) is 8.95. The van der Waals surface area contributed by atoms with Crippen molar-refractivity contribution in [3.8, 4) is 0 Å². The quantitative estimate of drug-likeness (QED) is 0.393. The molecule has 0 bridgehead atoms. The van der Waals surface area contributed by atoms with Crippen molar-refractivity contribution in [3.05, 3.63) is 34.6 Å². The number of hydroxylamine groups is 1. The zero-order chi connectivity index (χ0) is 17.4. The van der Waals surface area contributed by atoms with Crippen molar-refractivity contribution < 1.29 is 14.4 Å². The molecule has 0 radical (unpaired) electrons. The second kappa shape index (κ2) is 9.66. The number of benzene rings is 1. The van der Waals surface area contributed by atoms with Crippen molar-refractivity contribution in [2.24, 2.45) is 11.8 Å². The molecule has 23 heavy (non-hydrogen) atoms. The number of carbonyl (C=O) groups excluding carboxylic acids is 1. The number of hydrogen-bond donors (Lipinski definition) is 2. The minimum absolute atomic E-state index is 0.189. The van der Waals surface area contributed by atoms with Crippen molar-refractivity contribution in [3.63, 3.8) is 0 Å². The van der Waals surface area contributed by atoms with Gasteiger partial charge in [0.2, 0.25) is 5.91 Å². The van der Waals surface area contributed by atoms with Crippen LogP contribution in [0.25, 0.3) is 0 Å². The Bertz CT molecular complexity index is 491. The molecule has 0 heterocycles. The number of unbranched alkanes of at least 4 members (excludes halogenated alkanes) is 2. The van der Waals surface area contributed by atoms with E-state index < -0.39 is 0 Å². The van der Waals surface area contributed by atoms with E-state index >= 15 is 0 Å². The van der Waals surface area contributed by atoms with Crippen LogP contribution in [0.2, 0.25) is 0 Å². The second-order valence-corrected chi connectivity index (χ2v) is 6.95. The molecule has 1 aromatic carbocycles. The Labute approximate surface area is 139 Å². The first kappa shape index (κ1) is 19.6. The van der Waals surface area contributed by atoms with Crippen LogP contribution >= 0.6 is 0 Å². The van der Waals surface area contributed by atoms with Gasteiger partial charge in [-0.25, -0.2) is 9.87 Å². The summed E-state index contributed by atoms with van der Waals surface area (Å²) in [7, 11) is 0. The summed E-state index contributed by atoms with van der Waals surface area (Å²) in [6, 6.07) is 3.58. The van der Waals surface area contributed by atoms with Gasteiger partial charge in [0, 0.05) is 5.92 Å². The summed E-state index contributed by atoms with van der Waals surface area (Å²) in [5.74, 6) is -0.112. The fourth-order valence-electron chi connectivity index (χ4n) is 2.98. The topological polar surface area (TPSA) is 49.3 Å². The van der Waals surface area contributed by atoms with E-state index in [1.165, 1.54) is 12.8 Å². The van der Waals surface area contributed by atoms with Gasteiger partial charge >= 0.3 is 0 Å². The predicted molar refractivity (Wildman–Crippen MR) is 90.9 cm³/mol. The van der Waals surface area contributed by atoms with Gasteiger partial charge in [-0.1, -0.05) is 51.7 Å². The molecule has 0 aliphatic heterocycles. The number of rotatable bonds is 9. The fraction of sp³-hybridized carbons (Fsp3) is 0.632. The van der Waals surface area contributed by atoms with Gasteiger partial charge in [-0.2, -0.15) is 0 Å². The van der Waals surface area contributed by atoms with Crippen molar-refractivity contribution in [1.82, 2.24) is 5.48 Å². The average Bonchev–Trinajstić information content (AvgIpc) is 2.49. The maximum atomic E-state index is 13.7. The molecule has 4 heteroatoms. The highest BCUT2D eigenvalue weighted by Crippen LogP contribution is 2.21. The molecule has 3 nitrogen and oxygen atoms in total. The van der Waals surface area contributed by atoms with Crippen LogP contribution in [-0.2, 0) is 11.2 Å². The van der Waals surface area contributed by atoms with E-state index in [4.69, 9.17) is 5.21 Å². The number of aryl methyl sites for hydroxylation is 2. The van der Waals surface area contributed by atoms with E-state index in [-0.39, 0.29) is 17.6 Å². The molecule has 1 atom stereocenters. The Morgan fingerprint density at radius 1 is 1.13 bits per heavy atom. The van der Waals surface area contributed by atoms with Crippen LogP contribution in [0.3, 0.4) is 0 Å². The third-order valence-electron chi connectivity index (χ3n) is 4.29. The SMILES string of the molecule is Cc1cc(CC(CCCCCC(C)C)C(=O)NO)cc(C)c1F. The minimum Gasteiger partial charge on any atom is -0.289 e. The van der Waals surface area contributed by atoms with E-state index in [0.717, 1.165) is 24.8 Å². The van der Waals surface area contributed by atoms with Crippen LogP contribution in [-0.4, -0.2) is 11.1 Å². The van der Waals surface area contributed by atoms with Crippen LogP contribution in [0.5, 0.6) is 0 Å². The third kappa shape index (κ3) is 6.69. The molecule has 1 aromatic rings. The summed E-state index contributed by atoms with van der Waals surface area (Å²) in [6.07, 6.45) is 5.68. The van der Waals surface area contributed by atoms with Gasteiger partial charge in [0.25, 0.3) is 0 Å². The Balaban J connectivity index is 2.63. The van der Waals surface area contributed by atoms with Crippen LogP contribution in [0.4, 0.5) is 4.39 Å². The van der Waals surface area contributed by atoms with Crippen LogP contribution in [0, 0.1) is 31.5 Å². The van der Waals surface area contributed by atoms with Crippen molar-refractivity contribution in [2.75, 3.05) is 0 Å². The van der Waals surface area contributed by atoms with Crippen LogP contribution in [0.15, 0.2) is 12.1 Å². The van der Waals surface area contributed by atoms with E-state index in [2.05, 4.69) is 13.8 Å². The summed E-state index contributed by atoms with van der Waals surface area (Å²) >= 11 is 0. The van der Waals surface area contributed by atoms with Gasteiger partial charge in [-0.05, 0) is 49.3 Å². The Kier molecular flexibility index (Phi) is 8.24. The molecule has 0 saturated heterocycles. The molecule has 0 aliphatic carbocycles. The standard InChI is InChI=1S/C19H30FNO2/c1-13(2)8-6-5-7-9-17(19(22)21-23)12-16-10-14(3)18(20)15(4)11-16/h10-11,13,17,23H,5-9,12H2,1-4H3,(H,21,22). The summed E-state index contributed by atoms with van der Waals surface area (Å²) in [4.78, 5) is 11.9. The molecule has 1 unspecified atom stereocenters. The molecule has 0 saturated carbocycles. The zero-order valence-corrected chi connectivity index (χ0v) is 14.8. The summed E-state index contributed by atoms with van der Waals surface area (Å²) in [5.41, 5.74) is 3.91. The molecule has 2 N–H and O–H groups in total. The molecule has 1 amide bonds. The number of carbonyl (C=O) groups is 1. The van der Waals surface area contributed by atoms with Crippen molar-refractivity contribution >= 4 is 5.91 Å². The molecule has 0 spiro atoms. The largest absolute Gasteiger partial charge is 0.289 e. The lowest BCUT2D eigenvalue weighted by Gasteiger charge is -2.16. The van der Waals surface area contributed by atoms with E-state index in [9.17, 15) is 9.18 Å². The van der Waals surface area contributed by atoms with Crippen LogP contribution < -0.4 is 5.48 Å². The summed E-state index contributed by atoms with van der Waals surface area (Å²) < 4.78 is 13.7. The third-order valence-corrected chi connectivity index (χ3v) is 4.29. The van der Waals surface area contributed by atoms with Gasteiger partial charge in [0.1, 0.15) is 5.82 Å². The molecule has 0 fully saturated rings. The lowest BCUT2D eigenvalue weighted by molar-refractivity contribution is -0.133. The second-order valence-electron chi connectivity index (χ2n) is 6.95. The highest BCUT2D eigenvalue weighted by Gasteiger charge is 2.19. The lowest BCUT2D eigenvalue weighted by Crippen LogP contribution is -2.29.